The second kappa shape index (κ2) is 28.4. The molecule has 0 fully saturated rings. The number of primary amides is 1. The highest BCUT2D eigenvalue weighted by atomic mass is 16.6. The number of carbonyl (C=O) groups excluding carboxylic acids is 9. The normalized spacial score (nSPS) is 12.7. The van der Waals surface area contributed by atoms with Gasteiger partial charge in [0.15, 0.2) is 0 Å². The molecule has 0 saturated carbocycles. The van der Waals surface area contributed by atoms with Gasteiger partial charge >= 0.3 is 30.2 Å². The van der Waals surface area contributed by atoms with Gasteiger partial charge in [0.1, 0.15) is 31.3 Å². The average molecular weight is 1090 g/mol. The van der Waals surface area contributed by atoms with Gasteiger partial charge in [-0.15, -0.1) is 0 Å². The Labute approximate surface area is 457 Å². The molecular formula is C58H68N8O13. The van der Waals surface area contributed by atoms with Crippen molar-refractivity contribution in [1.29, 1.82) is 0 Å². The van der Waals surface area contributed by atoms with Gasteiger partial charge in [-0.05, 0) is 86.7 Å². The number of likely N-dealkylation sites (N-methyl/N-ethyl adjacent to an activating group) is 1. The highest BCUT2D eigenvalue weighted by Crippen LogP contribution is 2.36. The van der Waals surface area contributed by atoms with Crippen LogP contribution in [0.1, 0.15) is 76.2 Å². The number of rotatable bonds is 26. The molecule has 4 atom stereocenters. The first-order chi connectivity index (χ1) is 37.8. The molecule has 21 heteroatoms. The number of benzene rings is 6. The molecule has 0 saturated heterocycles. The maximum Gasteiger partial charge on any atom is 0.411 e. The molecule has 0 heterocycles. The lowest BCUT2D eigenvalue weighted by molar-refractivity contribution is -0.151. The third kappa shape index (κ3) is 17.0. The van der Waals surface area contributed by atoms with E-state index in [2.05, 4.69) is 62.2 Å². The van der Waals surface area contributed by atoms with Crippen LogP contribution in [-0.4, -0.2) is 111 Å². The predicted octanol–water partition coefficient (Wildman–Crippen LogP) is 6.47. The standard InChI is InChI=1S/C58H68N8O13/c1-34(2)32-77-47(68)28-27-45(64-57(74)78-33-36-12-8-7-9-13-36)53(70)65-50(35(3)4)54(71)63-44(16-11-29-60-56(59)73)52(69)62-42-24-21-40(22-25-42)51(55(72)76-6)79-58(75)66(5)31-46(67)61-30-41-20-19-39-18-17-37-14-10-15-38-23-26-43(41)49(39)48(37)38/h7-10,12-15,17-26,34-35,44-45,50-51H,11,16,27-33H2,1-6H3,(H,61,67)(H,62,69)(H,63,71)(H,64,74)(H,65,70)(H3,59,60,73)/t44-,45-,50-,51+/m0/s1. The topological polar surface area (TPSA) is 292 Å². The number of nitrogens with one attached hydrogen (secondary N) is 6. The smallest absolute Gasteiger partial charge is 0.411 e. The van der Waals surface area contributed by atoms with Gasteiger partial charge in [-0.3, -0.25) is 24.0 Å². The minimum Gasteiger partial charge on any atom is -0.466 e. The monoisotopic (exact) mass is 1080 g/mol. The second-order valence-corrected chi connectivity index (χ2v) is 19.7. The number of methoxy groups -OCH3 is 1. The molecule has 0 radical (unpaired) electrons. The highest BCUT2D eigenvalue weighted by molar-refractivity contribution is 6.23. The number of esters is 2. The minimum atomic E-state index is -1.58. The summed E-state index contributed by atoms with van der Waals surface area (Å²) >= 11 is 0. The molecule has 0 unspecified atom stereocenters. The first-order valence-corrected chi connectivity index (χ1v) is 25.9. The van der Waals surface area contributed by atoms with E-state index in [4.69, 9.17) is 24.7 Å². The fourth-order valence-electron chi connectivity index (χ4n) is 8.61. The fraction of sp³-hybridized carbons (Fsp3) is 0.362. The van der Waals surface area contributed by atoms with Gasteiger partial charge in [-0.1, -0.05) is 125 Å². The summed E-state index contributed by atoms with van der Waals surface area (Å²) in [5, 5.41) is 22.4. The lowest BCUT2D eigenvalue weighted by Gasteiger charge is -2.27. The van der Waals surface area contributed by atoms with E-state index in [1.807, 2.05) is 38.1 Å². The van der Waals surface area contributed by atoms with E-state index in [1.165, 1.54) is 31.3 Å². The van der Waals surface area contributed by atoms with Crippen molar-refractivity contribution in [3.05, 3.63) is 126 Å². The van der Waals surface area contributed by atoms with Crippen molar-refractivity contribution >= 4 is 91.8 Å². The zero-order chi connectivity index (χ0) is 57.2. The number of alkyl carbamates (subject to hydrolysis) is 1. The maximum absolute atomic E-state index is 14.1. The first-order valence-electron chi connectivity index (χ1n) is 25.9. The van der Waals surface area contributed by atoms with Crippen LogP contribution < -0.4 is 37.6 Å². The zero-order valence-corrected chi connectivity index (χ0v) is 45.1. The molecule has 0 aliphatic carbocycles. The molecule has 0 bridgehead atoms. The lowest BCUT2D eigenvalue weighted by Crippen LogP contribution is -2.58. The summed E-state index contributed by atoms with van der Waals surface area (Å²) in [7, 11) is 2.46. The predicted molar refractivity (Wildman–Crippen MR) is 295 cm³/mol. The van der Waals surface area contributed by atoms with Gasteiger partial charge in [0.05, 0.1) is 13.7 Å². The Bertz CT molecular complexity index is 3100. The number of hydrogen-bond donors (Lipinski definition) is 7. The van der Waals surface area contributed by atoms with E-state index in [9.17, 15) is 43.2 Å². The van der Waals surface area contributed by atoms with Crippen LogP contribution in [-0.2, 0) is 60.9 Å². The molecule has 6 rings (SSSR count). The number of anilines is 1. The molecule has 0 aliphatic rings. The van der Waals surface area contributed by atoms with Crippen molar-refractivity contribution in [1.82, 2.24) is 31.5 Å². The van der Waals surface area contributed by atoms with Gasteiger partial charge in [-0.25, -0.2) is 19.2 Å². The van der Waals surface area contributed by atoms with Crippen molar-refractivity contribution in [2.45, 2.75) is 90.8 Å². The van der Waals surface area contributed by atoms with E-state index in [1.54, 1.807) is 44.2 Å². The quantitative estimate of drug-likeness (QED) is 0.0133. The van der Waals surface area contributed by atoms with Gasteiger partial charge in [0.25, 0.3) is 0 Å². The van der Waals surface area contributed by atoms with Crippen molar-refractivity contribution in [3.8, 4) is 0 Å². The van der Waals surface area contributed by atoms with E-state index in [0.717, 1.165) is 49.9 Å². The molecule has 0 aliphatic heterocycles. The molecule has 0 spiro atoms. The number of urea groups is 1. The zero-order valence-electron chi connectivity index (χ0n) is 45.1. The second-order valence-electron chi connectivity index (χ2n) is 19.7. The Kier molecular flexibility index (Phi) is 21.3. The molecule has 8 N–H and O–H groups in total. The van der Waals surface area contributed by atoms with Crippen LogP contribution in [0.2, 0.25) is 0 Å². The van der Waals surface area contributed by atoms with Crippen molar-refractivity contribution in [2.24, 2.45) is 17.6 Å². The van der Waals surface area contributed by atoms with Crippen molar-refractivity contribution in [3.63, 3.8) is 0 Å². The van der Waals surface area contributed by atoms with E-state index in [-0.39, 0.29) is 69.2 Å². The van der Waals surface area contributed by atoms with Crippen LogP contribution in [0.4, 0.5) is 20.1 Å². The summed E-state index contributed by atoms with van der Waals surface area (Å²) < 4.78 is 21.1. The van der Waals surface area contributed by atoms with Crippen LogP contribution in [0, 0.1) is 11.8 Å². The maximum atomic E-state index is 14.1. The number of amides is 8. The SMILES string of the molecule is COC(=O)[C@H](OC(=O)N(C)CC(=O)NCc1ccc2ccc3cccc4ccc1c2c34)c1ccc(NC(=O)[C@H](CCCNC(N)=O)NC(=O)[C@@H](NC(=O)[C@H](CCC(=O)OCC(C)C)NC(=O)OCc2ccccc2)C(C)C)cc1. The Morgan fingerprint density at radius 2 is 1.32 bits per heavy atom. The number of ether oxygens (including phenoxy) is 4. The third-order valence-electron chi connectivity index (χ3n) is 12.8. The number of carbonyl (C=O) groups is 9. The van der Waals surface area contributed by atoms with Crippen LogP contribution in [0.3, 0.4) is 0 Å². The first kappa shape index (κ1) is 59.2. The van der Waals surface area contributed by atoms with Crippen LogP contribution in [0.25, 0.3) is 32.3 Å². The van der Waals surface area contributed by atoms with Crippen molar-refractivity contribution in [2.75, 3.05) is 39.2 Å². The summed E-state index contributed by atoms with van der Waals surface area (Å²) in [5.74, 6) is -4.79. The van der Waals surface area contributed by atoms with Gasteiger partial charge in [-0.2, -0.15) is 0 Å². The summed E-state index contributed by atoms with van der Waals surface area (Å²) in [5.41, 5.74) is 7.19. The molecular weight excluding hydrogens is 1020 g/mol. The molecule has 0 aromatic heterocycles. The summed E-state index contributed by atoms with van der Waals surface area (Å²) in [4.78, 5) is 119. The Hall–Kier alpha value is -9.01. The van der Waals surface area contributed by atoms with Crippen molar-refractivity contribution < 1.29 is 62.1 Å². The molecule has 418 valence electrons. The van der Waals surface area contributed by atoms with Crippen LogP contribution >= 0.6 is 0 Å². The highest BCUT2D eigenvalue weighted by Gasteiger charge is 2.33. The number of nitrogens with zero attached hydrogens (tertiary/aromatic N) is 1. The Morgan fingerprint density at radius 1 is 0.658 bits per heavy atom. The van der Waals surface area contributed by atoms with E-state index < -0.39 is 90.5 Å². The van der Waals surface area contributed by atoms with Gasteiger partial charge in [0, 0.05) is 37.8 Å². The third-order valence-corrected chi connectivity index (χ3v) is 12.8. The molecule has 6 aromatic carbocycles. The Balaban J connectivity index is 1.08. The minimum absolute atomic E-state index is 0.0173. The summed E-state index contributed by atoms with van der Waals surface area (Å²) in [6, 6.07) is 28.2. The number of hydrogen-bond acceptors (Lipinski definition) is 13. The molecule has 8 amide bonds. The summed E-state index contributed by atoms with van der Waals surface area (Å²) in [6.45, 7) is 6.93. The van der Waals surface area contributed by atoms with E-state index >= 15 is 0 Å². The van der Waals surface area contributed by atoms with Gasteiger partial charge in [0.2, 0.25) is 29.7 Å². The van der Waals surface area contributed by atoms with E-state index in [0.29, 0.717) is 5.56 Å². The molecule has 79 heavy (non-hydrogen) atoms. The van der Waals surface area contributed by atoms with Crippen LogP contribution in [0.15, 0.2) is 109 Å². The molecule has 21 nitrogen and oxygen atoms in total. The summed E-state index contributed by atoms with van der Waals surface area (Å²) in [6.07, 6.45) is -3.81. The Morgan fingerprint density at radius 3 is 1.97 bits per heavy atom. The largest absolute Gasteiger partial charge is 0.466 e. The van der Waals surface area contributed by atoms with Crippen LogP contribution in [0.5, 0.6) is 0 Å². The molecule has 6 aromatic rings. The fourth-order valence-corrected chi connectivity index (χ4v) is 8.61. The van der Waals surface area contributed by atoms with Gasteiger partial charge < -0.3 is 61.5 Å². The number of nitrogens with two attached hydrogens (primary N) is 1. The lowest BCUT2D eigenvalue weighted by atomic mass is 9.92. The average Bonchev–Trinajstić information content (AvgIpc) is 3.43.